The second-order valence-corrected chi connectivity index (χ2v) is 15.8. The van der Waals surface area contributed by atoms with Crippen molar-refractivity contribution in [2.45, 2.75) is 54.2 Å². The first-order valence-electron chi connectivity index (χ1n) is 13.7. The highest BCUT2D eigenvalue weighted by Crippen LogP contribution is 2.60. The summed E-state index contributed by atoms with van der Waals surface area (Å²) in [7, 11) is -3.29. The molecule has 0 aromatic carbocycles. The summed E-state index contributed by atoms with van der Waals surface area (Å²) >= 11 is 5.06. The van der Waals surface area contributed by atoms with Gasteiger partial charge >= 0.3 is 15.1 Å². The molecule has 0 saturated carbocycles. The van der Waals surface area contributed by atoms with Crippen LogP contribution in [0.4, 0.5) is 16.2 Å². The third-order valence-corrected chi connectivity index (χ3v) is 10.9. The van der Waals surface area contributed by atoms with Gasteiger partial charge in [-0.3, -0.25) is 37.0 Å². The number of ether oxygens (including phenoxy) is 2. The van der Waals surface area contributed by atoms with Crippen molar-refractivity contribution in [3.63, 3.8) is 0 Å². The number of hydrogen-bond donors (Lipinski definition) is 6. The number of aliphatic hydroxyl groups is 1. The van der Waals surface area contributed by atoms with Gasteiger partial charge in [0.25, 0.3) is 5.56 Å². The van der Waals surface area contributed by atoms with Crippen LogP contribution in [0.1, 0.15) is 24.9 Å². The van der Waals surface area contributed by atoms with E-state index >= 15 is 4.39 Å². The molecule has 6 heterocycles. The van der Waals surface area contributed by atoms with Crippen molar-refractivity contribution >= 4 is 73.2 Å². The van der Waals surface area contributed by atoms with E-state index in [-0.39, 0.29) is 29.4 Å². The molecule has 9 atom stereocenters. The summed E-state index contributed by atoms with van der Waals surface area (Å²) in [6.45, 7) is -4.28. The van der Waals surface area contributed by atoms with Gasteiger partial charge in [0.15, 0.2) is 35.6 Å². The Bertz CT molecular complexity index is 1920. The average Bonchev–Trinajstić information content (AvgIpc) is 3.77. The van der Waals surface area contributed by atoms with Crippen molar-refractivity contribution in [1.82, 2.24) is 39.0 Å². The lowest BCUT2D eigenvalue weighted by molar-refractivity contribution is -0.118. The molecule has 0 amide bonds. The topological polar surface area (TPSA) is 280 Å². The Balaban J connectivity index is 1.21. The summed E-state index contributed by atoms with van der Waals surface area (Å²) in [5.41, 5.74) is 10.3. The molecular formula is C22H29FN10O10P2S2. The predicted octanol–water partition coefficient (Wildman–Crippen LogP) is 0.927. The van der Waals surface area contributed by atoms with Crippen LogP contribution in [0.25, 0.3) is 22.3 Å². The van der Waals surface area contributed by atoms with Crippen LogP contribution >= 0.6 is 39.1 Å². The Kier molecular flexibility index (Phi) is 9.68. The number of nitrogens with two attached hydrogens (primary N) is 2. The number of nitrogen functional groups attached to an aromatic ring is 2. The van der Waals surface area contributed by atoms with Gasteiger partial charge in [0.1, 0.15) is 35.6 Å². The molecule has 7 N–H and O–H groups in total. The van der Waals surface area contributed by atoms with Gasteiger partial charge in [0.05, 0.1) is 36.7 Å². The highest BCUT2D eigenvalue weighted by molar-refractivity contribution is 8.44. The Morgan fingerprint density at radius 1 is 1.26 bits per heavy atom. The number of H-pyrrole nitrogens is 1. The van der Waals surface area contributed by atoms with Gasteiger partial charge in [-0.15, -0.1) is 11.8 Å². The number of imidazole rings is 2. The van der Waals surface area contributed by atoms with Gasteiger partial charge in [0, 0.05) is 6.42 Å². The molecule has 4 aromatic rings. The summed E-state index contributed by atoms with van der Waals surface area (Å²) < 4.78 is 71.1. The molecule has 2 fully saturated rings. The first-order chi connectivity index (χ1) is 22.3. The first kappa shape index (κ1) is 34.2. The van der Waals surface area contributed by atoms with Crippen LogP contribution in [0.15, 0.2) is 23.8 Å². The molecule has 2 aliphatic heterocycles. The van der Waals surface area contributed by atoms with E-state index in [1.54, 1.807) is 6.92 Å². The van der Waals surface area contributed by atoms with Gasteiger partial charge in [-0.05, 0) is 6.92 Å². The van der Waals surface area contributed by atoms with Crippen LogP contribution in [0.3, 0.4) is 0 Å². The van der Waals surface area contributed by atoms with Crippen LogP contribution in [0, 0.1) is 0 Å². The number of rotatable bonds is 12. The molecule has 0 bridgehead atoms. The van der Waals surface area contributed by atoms with Gasteiger partial charge in [0.2, 0.25) is 5.95 Å². The third kappa shape index (κ3) is 6.92. The second kappa shape index (κ2) is 13.3. The molecule has 20 nitrogen and oxygen atoms in total. The van der Waals surface area contributed by atoms with Crippen LogP contribution < -0.4 is 17.0 Å². The fourth-order valence-corrected chi connectivity index (χ4v) is 8.53. The standard InChI is InChI=1S/C22H29FN10O10P2S2/c1-22(2-9(39-8-40-44(36)37)19(42-22)32-6-28-12-15(24)26-5-27-16(12)32)4-41-45(38,46)43-14-11(23)10(3-34)47-20(14)33-7-29-13-17(33)30-21(25)31-18(13)35/h5-7,9-11,14,19-20,34,44H,2-4,8H2,1H3,(H,36,37)(H,38,46)(H2,24,26,27)(H3,25,30,31,35)/t9-,10-,11+,14-,19-,20-,22-,45?/m1/s1. The van der Waals surface area contributed by atoms with Crippen molar-refractivity contribution in [2.75, 3.05) is 31.5 Å². The number of fused-ring (bicyclic) bond motifs is 2. The van der Waals surface area contributed by atoms with E-state index in [2.05, 4.69) is 42.2 Å². The smallest absolute Gasteiger partial charge is 0.386 e. The normalized spacial score (nSPS) is 29.9. The Morgan fingerprint density at radius 3 is 2.74 bits per heavy atom. The molecule has 256 valence electrons. The van der Waals surface area contributed by atoms with E-state index in [4.69, 9.17) is 39.4 Å². The maximum atomic E-state index is 15.6. The van der Waals surface area contributed by atoms with Gasteiger partial charge < -0.3 is 30.9 Å². The fourth-order valence-electron chi connectivity index (χ4n) is 5.35. The molecule has 47 heavy (non-hydrogen) atoms. The highest BCUT2D eigenvalue weighted by Gasteiger charge is 2.51. The lowest BCUT2D eigenvalue weighted by atomic mass is 10.0. The number of anilines is 2. The molecule has 2 unspecified atom stereocenters. The molecule has 25 heteroatoms. The predicted molar refractivity (Wildman–Crippen MR) is 167 cm³/mol. The van der Waals surface area contributed by atoms with E-state index in [9.17, 15) is 19.0 Å². The summed E-state index contributed by atoms with van der Waals surface area (Å²) in [5.74, 6) is -0.0795. The van der Waals surface area contributed by atoms with Gasteiger partial charge in [-0.1, -0.05) is 12.2 Å². The van der Waals surface area contributed by atoms with E-state index in [1.807, 2.05) is 0 Å². The minimum Gasteiger partial charge on any atom is -0.395 e. The van der Waals surface area contributed by atoms with Crippen LogP contribution in [-0.4, -0.2) is 98.3 Å². The minimum absolute atomic E-state index is 0.0245. The number of aromatic amines is 1. The zero-order valence-electron chi connectivity index (χ0n) is 24.2. The van der Waals surface area contributed by atoms with Crippen molar-refractivity contribution in [2.24, 2.45) is 0 Å². The van der Waals surface area contributed by atoms with Crippen LogP contribution in [0.5, 0.6) is 0 Å². The number of halogens is 1. The van der Waals surface area contributed by atoms with Crippen LogP contribution in [0.2, 0.25) is 0 Å². The molecule has 4 aromatic heterocycles. The number of thioether (sulfide) groups is 1. The van der Waals surface area contributed by atoms with Crippen molar-refractivity contribution in [1.29, 1.82) is 0 Å². The molecular weight excluding hydrogens is 709 g/mol. The fraction of sp³-hybridized carbons (Fsp3) is 0.545. The highest BCUT2D eigenvalue weighted by atomic mass is 32.7. The molecule has 2 saturated heterocycles. The third-order valence-electron chi connectivity index (χ3n) is 7.44. The Labute approximate surface area is 273 Å². The van der Waals surface area contributed by atoms with E-state index in [0.29, 0.717) is 11.2 Å². The van der Waals surface area contributed by atoms with Crippen molar-refractivity contribution in [3.8, 4) is 0 Å². The summed E-state index contributed by atoms with van der Waals surface area (Å²) in [5, 5.41) is 7.81. The van der Waals surface area contributed by atoms with E-state index in [0.717, 1.165) is 11.8 Å². The molecule has 0 radical (unpaired) electrons. The van der Waals surface area contributed by atoms with Crippen LogP contribution in [-0.2, 0) is 32.2 Å². The number of aliphatic hydroxyl groups excluding tert-OH is 1. The molecule has 2 aliphatic rings. The molecule has 6 rings (SSSR count). The SMILES string of the molecule is C[C@]1(COP(=O)(S)O[C@@H]2[C@@H](F)[C@@H](CO)S[C@H]2n2cnc3c(=O)[nH]c(N)nc32)C[C@@H](OCO[PH](=O)O)[C@H](n2cnc3c(N)ncnc32)O1. The van der Waals surface area contributed by atoms with Crippen molar-refractivity contribution in [3.05, 3.63) is 29.3 Å². The quantitative estimate of drug-likeness (QED) is 0.0669. The summed E-state index contributed by atoms with van der Waals surface area (Å²) in [6, 6.07) is 0. The summed E-state index contributed by atoms with van der Waals surface area (Å²) in [4.78, 5) is 44.2. The largest absolute Gasteiger partial charge is 0.395 e. The first-order valence-corrected chi connectivity index (χ1v) is 18.6. The van der Waals surface area contributed by atoms with Crippen molar-refractivity contribution < 1.29 is 46.6 Å². The molecule has 0 spiro atoms. The number of hydrogen-bond acceptors (Lipinski definition) is 17. The minimum atomic E-state index is -4.37. The maximum Gasteiger partial charge on any atom is 0.386 e. The zero-order valence-corrected chi connectivity index (χ0v) is 27.8. The number of alkyl halides is 1. The maximum absolute atomic E-state index is 15.6. The zero-order chi connectivity index (χ0) is 33.7. The lowest BCUT2D eigenvalue weighted by Crippen LogP contribution is -2.33. The molecule has 0 aliphatic carbocycles. The lowest BCUT2D eigenvalue weighted by Gasteiger charge is -2.28. The monoisotopic (exact) mass is 738 g/mol. The number of nitrogens with one attached hydrogen (secondary N) is 1. The van der Waals surface area contributed by atoms with E-state index in [1.165, 1.54) is 28.1 Å². The Hall–Kier alpha value is -2.69. The number of aromatic nitrogens is 8. The number of nitrogens with zero attached hydrogens (tertiary/aromatic N) is 7. The average molecular weight is 739 g/mol. The number of thiol groups is 1. The summed E-state index contributed by atoms with van der Waals surface area (Å²) in [6.07, 6.45) is -1.16. The second-order valence-electron chi connectivity index (χ2n) is 10.8. The van der Waals surface area contributed by atoms with Gasteiger partial charge in [-0.25, -0.2) is 28.9 Å². The van der Waals surface area contributed by atoms with E-state index < -0.39 is 81.5 Å². The Morgan fingerprint density at radius 2 is 2.00 bits per heavy atom. The van der Waals surface area contributed by atoms with Gasteiger partial charge in [-0.2, -0.15) is 4.98 Å².